The van der Waals surface area contributed by atoms with Gasteiger partial charge in [-0.3, -0.25) is 9.59 Å². The van der Waals surface area contributed by atoms with Gasteiger partial charge in [0.05, 0.1) is 24.0 Å². The Morgan fingerprint density at radius 2 is 1.76 bits per heavy atom. The van der Waals surface area contributed by atoms with E-state index in [0.29, 0.717) is 32.5 Å². The summed E-state index contributed by atoms with van der Waals surface area (Å²) < 4.78 is 31.9. The van der Waals surface area contributed by atoms with Crippen molar-refractivity contribution in [3.8, 4) is 0 Å². The van der Waals surface area contributed by atoms with Crippen LogP contribution in [0.5, 0.6) is 0 Å². The predicted octanol–water partition coefficient (Wildman–Crippen LogP) is 2.26. The van der Waals surface area contributed by atoms with E-state index < -0.39 is 10.0 Å². The number of benzene rings is 2. The minimum absolute atomic E-state index is 0.160. The number of fused-ring (bicyclic) bond motifs is 1. The van der Waals surface area contributed by atoms with Crippen molar-refractivity contribution in [2.45, 2.75) is 24.7 Å². The molecule has 1 heterocycles. The smallest absolute Gasteiger partial charge is 0.309 e. The van der Waals surface area contributed by atoms with Gasteiger partial charge in [0, 0.05) is 20.1 Å². The maximum absolute atomic E-state index is 12.9. The highest BCUT2D eigenvalue weighted by molar-refractivity contribution is 7.89. The highest BCUT2D eigenvalue weighted by atomic mass is 32.2. The van der Waals surface area contributed by atoms with E-state index in [1.807, 2.05) is 24.3 Å². The summed E-state index contributed by atoms with van der Waals surface area (Å²) in [7, 11) is -2.37. The molecule has 0 atom stereocenters. The molecule has 0 saturated carbocycles. The number of piperidine rings is 1. The summed E-state index contributed by atoms with van der Waals surface area (Å²) in [5.41, 5.74) is 0. The number of sulfonamides is 1. The van der Waals surface area contributed by atoms with E-state index in [0.717, 1.165) is 15.1 Å². The number of ether oxygens (including phenoxy) is 1. The number of esters is 1. The van der Waals surface area contributed by atoms with Gasteiger partial charge in [-0.1, -0.05) is 30.3 Å². The number of rotatable bonds is 6. The molecule has 8 heteroatoms. The molecule has 156 valence electrons. The summed E-state index contributed by atoms with van der Waals surface area (Å²) >= 11 is 0. The fourth-order valence-corrected chi connectivity index (χ4v) is 4.66. The third-order valence-corrected chi connectivity index (χ3v) is 7.05. The van der Waals surface area contributed by atoms with Crippen LogP contribution in [-0.4, -0.2) is 62.8 Å². The molecule has 3 rings (SSSR count). The molecule has 0 aromatic heterocycles. The summed E-state index contributed by atoms with van der Waals surface area (Å²) in [5, 5.41) is 1.78. The molecule has 1 fully saturated rings. The zero-order valence-corrected chi connectivity index (χ0v) is 17.5. The molecular formula is C21H26N2O5S. The van der Waals surface area contributed by atoms with Crippen LogP contribution in [0, 0.1) is 5.92 Å². The van der Waals surface area contributed by atoms with Crippen molar-refractivity contribution in [2.75, 3.05) is 33.3 Å². The van der Waals surface area contributed by atoms with Crippen LogP contribution in [0.3, 0.4) is 0 Å². The first-order valence-electron chi connectivity index (χ1n) is 9.72. The Kier molecular flexibility index (Phi) is 6.54. The van der Waals surface area contributed by atoms with Crippen LogP contribution in [0.2, 0.25) is 0 Å². The molecule has 0 N–H and O–H groups in total. The molecule has 1 saturated heterocycles. The van der Waals surface area contributed by atoms with E-state index in [1.165, 1.54) is 7.05 Å². The molecule has 29 heavy (non-hydrogen) atoms. The molecule has 7 nitrogen and oxygen atoms in total. The normalized spacial score (nSPS) is 15.6. The number of hydrogen-bond donors (Lipinski definition) is 0. The monoisotopic (exact) mass is 418 g/mol. The number of likely N-dealkylation sites (N-methyl/N-ethyl adjacent to an activating group) is 1. The van der Waals surface area contributed by atoms with Gasteiger partial charge in [0.15, 0.2) is 0 Å². The fourth-order valence-electron chi connectivity index (χ4n) is 3.51. The van der Waals surface area contributed by atoms with Crippen LogP contribution >= 0.6 is 0 Å². The first-order chi connectivity index (χ1) is 13.8. The lowest BCUT2D eigenvalue weighted by atomic mass is 9.97. The molecule has 0 spiro atoms. The van der Waals surface area contributed by atoms with E-state index in [1.54, 1.807) is 30.0 Å². The number of amides is 1. The second-order valence-corrected chi connectivity index (χ2v) is 9.22. The van der Waals surface area contributed by atoms with Crippen LogP contribution in [0.4, 0.5) is 0 Å². The Hall–Kier alpha value is -2.45. The van der Waals surface area contributed by atoms with Gasteiger partial charge < -0.3 is 9.64 Å². The number of likely N-dealkylation sites (tertiary alicyclic amines) is 1. The van der Waals surface area contributed by atoms with Crippen LogP contribution < -0.4 is 0 Å². The third kappa shape index (κ3) is 4.76. The molecule has 1 aliphatic rings. The van der Waals surface area contributed by atoms with Crippen molar-refractivity contribution in [3.63, 3.8) is 0 Å². The summed E-state index contributed by atoms with van der Waals surface area (Å²) in [6, 6.07) is 12.5. The Balaban J connectivity index is 1.63. The minimum Gasteiger partial charge on any atom is -0.466 e. The minimum atomic E-state index is -3.78. The summed E-state index contributed by atoms with van der Waals surface area (Å²) in [6.07, 6.45) is 1.07. The lowest BCUT2D eigenvalue weighted by Crippen LogP contribution is -2.45. The van der Waals surface area contributed by atoms with E-state index >= 15 is 0 Å². The highest BCUT2D eigenvalue weighted by Gasteiger charge is 2.30. The number of carbonyl (C=O) groups is 2. The molecule has 1 aliphatic heterocycles. The quantitative estimate of drug-likeness (QED) is 0.672. The maximum Gasteiger partial charge on any atom is 0.309 e. The molecule has 2 aromatic carbocycles. The van der Waals surface area contributed by atoms with Crippen molar-refractivity contribution < 1.29 is 22.7 Å². The third-order valence-electron chi connectivity index (χ3n) is 5.25. The van der Waals surface area contributed by atoms with Crippen LogP contribution in [-0.2, 0) is 24.3 Å². The van der Waals surface area contributed by atoms with E-state index in [9.17, 15) is 18.0 Å². The number of hydrogen-bond acceptors (Lipinski definition) is 5. The Morgan fingerprint density at radius 1 is 1.10 bits per heavy atom. The van der Waals surface area contributed by atoms with Crippen LogP contribution in [0.15, 0.2) is 47.4 Å². The van der Waals surface area contributed by atoms with Gasteiger partial charge >= 0.3 is 5.97 Å². The van der Waals surface area contributed by atoms with Crippen LogP contribution in [0.25, 0.3) is 10.8 Å². The molecular weight excluding hydrogens is 392 g/mol. The van der Waals surface area contributed by atoms with Crippen molar-refractivity contribution >= 4 is 32.7 Å². The average molecular weight is 419 g/mol. The van der Waals surface area contributed by atoms with Crippen molar-refractivity contribution in [1.82, 2.24) is 9.21 Å². The van der Waals surface area contributed by atoms with Gasteiger partial charge in [-0.05, 0) is 42.7 Å². The topological polar surface area (TPSA) is 84.0 Å². The van der Waals surface area contributed by atoms with Gasteiger partial charge in [0.25, 0.3) is 0 Å². The van der Waals surface area contributed by atoms with Gasteiger partial charge in [0.2, 0.25) is 15.9 Å². The zero-order valence-electron chi connectivity index (χ0n) is 16.7. The second kappa shape index (κ2) is 8.92. The maximum atomic E-state index is 12.9. The Labute approximate surface area is 171 Å². The molecule has 0 aliphatic carbocycles. The molecule has 0 bridgehead atoms. The van der Waals surface area contributed by atoms with Crippen molar-refractivity contribution in [2.24, 2.45) is 5.92 Å². The Morgan fingerprint density at radius 3 is 2.41 bits per heavy atom. The van der Waals surface area contributed by atoms with E-state index in [-0.39, 0.29) is 29.2 Å². The average Bonchev–Trinajstić information content (AvgIpc) is 2.73. The summed E-state index contributed by atoms with van der Waals surface area (Å²) in [4.78, 5) is 26.2. The number of carbonyl (C=O) groups excluding carboxylic acids is 2. The fraction of sp³-hybridized carbons (Fsp3) is 0.429. The zero-order chi connectivity index (χ0) is 21.0. The van der Waals surface area contributed by atoms with Gasteiger partial charge in [-0.15, -0.1) is 0 Å². The van der Waals surface area contributed by atoms with Gasteiger partial charge in [0.1, 0.15) is 0 Å². The highest BCUT2D eigenvalue weighted by Crippen LogP contribution is 2.22. The summed E-state index contributed by atoms with van der Waals surface area (Å²) in [5.74, 6) is -0.687. The van der Waals surface area contributed by atoms with Crippen molar-refractivity contribution in [3.05, 3.63) is 42.5 Å². The van der Waals surface area contributed by atoms with Crippen molar-refractivity contribution in [1.29, 1.82) is 0 Å². The van der Waals surface area contributed by atoms with Crippen LogP contribution in [0.1, 0.15) is 19.8 Å². The first kappa shape index (κ1) is 21.3. The molecule has 1 amide bonds. The lowest BCUT2D eigenvalue weighted by Gasteiger charge is -2.32. The van der Waals surface area contributed by atoms with E-state index in [4.69, 9.17) is 4.74 Å². The molecule has 0 unspecified atom stereocenters. The number of nitrogens with zero attached hydrogens (tertiary/aromatic N) is 2. The summed E-state index contributed by atoms with van der Waals surface area (Å²) in [6.45, 7) is 2.72. The Bertz CT molecular complexity index is 997. The largest absolute Gasteiger partial charge is 0.466 e. The standard InChI is InChI=1S/C21H26N2O5S/c1-3-28-21(25)17-10-12-23(13-11-17)20(24)15-22(2)29(26,27)19-9-8-16-6-4-5-7-18(16)14-19/h4-9,14,17H,3,10-13,15H2,1-2H3. The predicted molar refractivity (Wildman–Crippen MR) is 110 cm³/mol. The molecule has 0 radical (unpaired) electrons. The van der Waals surface area contributed by atoms with Gasteiger partial charge in [-0.25, -0.2) is 8.42 Å². The lowest BCUT2D eigenvalue weighted by molar-refractivity contribution is -0.151. The molecule has 2 aromatic rings. The first-order valence-corrected chi connectivity index (χ1v) is 11.2. The van der Waals surface area contributed by atoms with Gasteiger partial charge in [-0.2, -0.15) is 4.31 Å². The SMILES string of the molecule is CCOC(=O)C1CCN(C(=O)CN(C)S(=O)(=O)c2ccc3ccccc3c2)CC1. The second-order valence-electron chi connectivity index (χ2n) is 7.18. The van der Waals surface area contributed by atoms with E-state index in [2.05, 4.69) is 0 Å².